The van der Waals surface area contributed by atoms with Crippen LogP contribution in [0.3, 0.4) is 0 Å². The van der Waals surface area contributed by atoms with E-state index >= 15 is 0 Å². The number of hydrogen-bond acceptors (Lipinski definition) is 9. The van der Waals surface area contributed by atoms with Crippen LogP contribution >= 0.6 is 11.8 Å². The summed E-state index contributed by atoms with van der Waals surface area (Å²) in [4.78, 5) is 35.0. The number of thioether (sulfide) groups is 1. The van der Waals surface area contributed by atoms with E-state index in [4.69, 9.17) is 14.5 Å². The molecule has 7 rings (SSSR count). The second-order valence-corrected chi connectivity index (χ2v) is 10.7. The van der Waals surface area contributed by atoms with E-state index in [9.17, 15) is 9.59 Å². The third-order valence-electron chi connectivity index (χ3n) is 7.56. The van der Waals surface area contributed by atoms with Gasteiger partial charge in [0.15, 0.2) is 22.5 Å². The highest BCUT2D eigenvalue weighted by atomic mass is 32.2. The summed E-state index contributed by atoms with van der Waals surface area (Å²) in [5, 5.41) is 9.63. The molecule has 0 bridgehead atoms. The van der Waals surface area contributed by atoms with E-state index in [0.29, 0.717) is 38.3 Å². The Morgan fingerprint density at radius 3 is 2.73 bits per heavy atom. The fourth-order valence-electron chi connectivity index (χ4n) is 5.52. The lowest BCUT2D eigenvalue weighted by Gasteiger charge is -2.35. The van der Waals surface area contributed by atoms with Gasteiger partial charge in [-0.25, -0.2) is 4.98 Å². The van der Waals surface area contributed by atoms with Crippen molar-refractivity contribution in [2.75, 3.05) is 43.6 Å². The Morgan fingerprint density at radius 1 is 1.03 bits per heavy atom. The molecule has 1 saturated heterocycles. The van der Waals surface area contributed by atoms with Gasteiger partial charge in [0.1, 0.15) is 0 Å². The number of carbonyl (C=O) groups excluding carboxylic acids is 1. The number of nitrogens with zero attached hydrogens (tertiary/aromatic N) is 6. The fourth-order valence-corrected chi connectivity index (χ4v) is 6.68. The summed E-state index contributed by atoms with van der Waals surface area (Å²) in [5.41, 5.74) is 3.56. The maximum atomic E-state index is 13.1. The molecule has 1 unspecified atom stereocenters. The Labute approximate surface area is 217 Å². The van der Waals surface area contributed by atoms with Gasteiger partial charge >= 0.3 is 0 Å². The first-order chi connectivity index (χ1) is 18.1. The molecule has 0 spiro atoms. The van der Waals surface area contributed by atoms with Crippen molar-refractivity contribution < 1.29 is 14.3 Å². The van der Waals surface area contributed by atoms with Crippen LogP contribution in [0.4, 0.5) is 5.82 Å². The number of ether oxygens (including phenoxy) is 2. The van der Waals surface area contributed by atoms with Gasteiger partial charge < -0.3 is 19.3 Å². The SMILES string of the molecule is O=C(CC1CSc2nc3c(c(=O)n21)CCC3)N1CCN(c2ccc(-c3ccc4c(c3)OCO4)nn2)CC1. The Hall–Kier alpha value is -3.60. The van der Waals surface area contributed by atoms with Crippen LogP contribution in [0.15, 0.2) is 40.3 Å². The molecule has 2 aromatic heterocycles. The number of carbonyl (C=O) groups is 1. The lowest BCUT2D eigenvalue weighted by molar-refractivity contribution is -0.132. The van der Waals surface area contributed by atoms with Crippen LogP contribution in [0.2, 0.25) is 0 Å². The van der Waals surface area contributed by atoms with Gasteiger partial charge in [-0.05, 0) is 49.6 Å². The predicted octanol–water partition coefficient (Wildman–Crippen LogP) is 2.30. The van der Waals surface area contributed by atoms with Gasteiger partial charge in [0.2, 0.25) is 12.7 Å². The summed E-state index contributed by atoms with van der Waals surface area (Å²) < 4.78 is 12.6. The van der Waals surface area contributed by atoms with E-state index in [1.807, 2.05) is 35.2 Å². The standard InChI is InChI=1S/C26H26N6O4S/c33-24(13-17-14-37-26-27-20-3-1-2-18(20)25(34)32(17)26)31-10-8-30(9-11-31)23-7-5-19(28-29-23)16-4-6-21-22(12-16)36-15-35-21/h4-7,12,17H,1-3,8-11,13-15H2. The number of piperazine rings is 1. The summed E-state index contributed by atoms with van der Waals surface area (Å²) in [5.74, 6) is 3.07. The number of fused-ring (bicyclic) bond motifs is 3. The summed E-state index contributed by atoms with van der Waals surface area (Å²) in [6.07, 6.45) is 3.02. The van der Waals surface area contributed by atoms with Gasteiger partial charge in [-0.15, -0.1) is 10.2 Å². The second-order valence-electron chi connectivity index (χ2n) is 9.73. The van der Waals surface area contributed by atoms with Crippen LogP contribution in [0.1, 0.15) is 30.1 Å². The molecule has 5 heterocycles. The second kappa shape index (κ2) is 9.05. The summed E-state index contributed by atoms with van der Waals surface area (Å²) >= 11 is 1.59. The van der Waals surface area contributed by atoms with E-state index in [-0.39, 0.29) is 24.3 Å². The molecule has 1 aromatic carbocycles. The van der Waals surface area contributed by atoms with Gasteiger partial charge in [0, 0.05) is 49.5 Å². The normalized spacial score (nSPS) is 19.7. The van der Waals surface area contributed by atoms with Gasteiger partial charge in [0.25, 0.3) is 5.56 Å². The van der Waals surface area contributed by atoms with Crippen molar-refractivity contribution in [2.24, 2.45) is 0 Å². The maximum absolute atomic E-state index is 13.1. The zero-order valence-corrected chi connectivity index (χ0v) is 21.1. The molecular weight excluding hydrogens is 492 g/mol. The smallest absolute Gasteiger partial charge is 0.257 e. The molecule has 3 aliphatic heterocycles. The first-order valence-corrected chi connectivity index (χ1v) is 13.7. The number of hydrogen-bond donors (Lipinski definition) is 0. The molecule has 1 fully saturated rings. The molecule has 1 amide bonds. The Morgan fingerprint density at radius 2 is 1.89 bits per heavy atom. The largest absolute Gasteiger partial charge is 0.454 e. The molecule has 0 saturated carbocycles. The van der Waals surface area contributed by atoms with Crippen molar-refractivity contribution in [2.45, 2.75) is 36.9 Å². The minimum atomic E-state index is -0.119. The minimum absolute atomic E-state index is 0.0629. The van der Waals surface area contributed by atoms with Crippen molar-refractivity contribution in [3.8, 4) is 22.8 Å². The number of anilines is 1. The van der Waals surface area contributed by atoms with E-state index in [1.54, 1.807) is 16.3 Å². The molecule has 0 radical (unpaired) electrons. The van der Waals surface area contributed by atoms with Gasteiger partial charge in [-0.1, -0.05) is 11.8 Å². The van der Waals surface area contributed by atoms with Gasteiger partial charge in [-0.3, -0.25) is 14.2 Å². The topological polar surface area (TPSA) is 103 Å². The summed E-state index contributed by atoms with van der Waals surface area (Å²) in [6, 6.07) is 9.54. The summed E-state index contributed by atoms with van der Waals surface area (Å²) in [6.45, 7) is 2.86. The summed E-state index contributed by atoms with van der Waals surface area (Å²) in [7, 11) is 0. The number of aromatic nitrogens is 4. The van der Waals surface area contributed by atoms with Gasteiger partial charge in [-0.2, -0.15) is 0 Å². The monoisotopic (exact) mass is 518 g/mol. The van der Waals surface area contributed by atoms with Crippen molar-refractivity contribution in [1.29, 1.82) is 0 Å². The van der Waals surface area contributed by atoms with Crippen molar-refractivity contribution in [1.82, 2.24) is 24.6 Å². The molecule has 1 aliphatic carbocycles. The van der Waals surface area contributed by atoms with Crippen molar-refractivity contribution in [3.63, 3.8) is 0 Å². The number of amides is 1. The highest BCUT2D eigenvalue weighted by Crippen LogP contribution is 2.36. The van der Waals surface area contributed by atoms with Crippen LogP contribution in [0, 0.1) is 0 Å². The quantitative estimate of drug-likeness (QED) is 0.482. The lowest BCUT2D eigenvalue weighted by atomic mass is 10.1. The lowest BCUT2D eigenvalue weighted by Crippen LogP contribution is -2.49. The predicted molar refractivity (Wildman–Crippen MR) is 137 cm³/mol. The Balaban J connectivity index is 0.978. The average Bonchev–Trinajstić information content (AvgIpc) is 3.69. The zero-order valence-electron chi connectivity index (χ0n) is 20.3. The van der Waals surface area contributed by atoms with Crippen LogP contribution in [-0.2, 0) is 17.6 Å². The van der Waals surface area contributed by atoms with Crippen molar-refractivity contribution in [3.05, 3.63) is 51.9 Å². The number of benzene rings is 1. The van der Waals surface area contributed by atoms with E-state index in [2.05, 4.69) is 15.1 Å². The van der Waals surface area contributed by atoms with Crippen LogP contribution in [-0.4, -0.2) is 69.3 Å². The van der Waals surface area contributed by atoms with E-state index in [1.165, 1.54) is 0 Å². The molecule has 11 heteroatoms. The van der Waals surface area contributed by atoms with Crippen LogP contribution in [0.5, 0.6) is 11.5 Å². The molecule has 190 valence electrons. The minimum Gasteiger partial charge on any atom is -0.454 e. The molecule has 1 atom stereocenters. The highest BCUT2D eigenvalue weighted by Gasteiger charge is 2.33. The first kappa shape index (κ1) is 22.6. The molecule has 3 aromatic rings. The van der Waals surface area contributed by atoms with Crippen molar-refractivity contribution >= 4 is 23.5 Å². The van der Waals surface area contributed by atoms with Gasteiger partial charge in [0.05, 0.1) is 17.4 Å². The number of rotatable bonds is 4. The molecule has 4 aliphatic rings. The first-order valence-electron chi connectivity index (χ1n) is 12.7. The van der Waals surface area contributed by atoms with E-state index < -0.39 is 0 Å². The fraction of sp³-hybridized carbons (Fsp3) is 0.423. The Bertz CT molecular complexity index is 1430. The molecular formula is C26H26N6O4S. The third-order valence-corrected chi connectivity index (χ3v) is 8.66. The molecule has 10 nitrogen and oxygen atoms in total. The Kier molecular flexibility index (Phi) is 5.53. The zero-order chi connectivity index (χ0) is 24.9. The average molecular weight is 519 g/mol. The van der Waals surface area contributed by atoms with Crippen LogP contribution in [0.25, 0.3) is 11.3 Å². The van der Waals surface area contributed by atoms with E-state index in [0.717, 1.165) is 64.3 Å². The third kappa shape index (κ3) is 4.01. The molecule has 0 N–H and O–H groups in total. The number of aryl methyl sites for hydroxylation is 1. The highest BCUT2D eigenvalue weighted by molar-refractivity contribution is 7.99. The van der Waals surface area contributed by atoms with Crippen LogP contribution < -0.4 is 19.9 Å². The molecule has 37 heavy (non-hydrogen) atoms. The maximum Gasteiger partial charge on any atom is 0.257 e.